The molecule has 0 saturated heterocycles. The van der Waals surface area contributed by atoms with Crippen molar-refractivity contribution in [3.8, 4) is 0 Å². The fourth-order valence-corrected chi connectivity index (χ4v) is 3.68. The van der Waals surface area contributed by atoms with Gasteiger partial charge in [0, 0.05) is 25.9 Å². The highest BCUT2D eigenvalue weighted by Gasteiger charge is 2.23. The molecule has 1 N–H and O–H groups in total. The van der Waals surface area contributed by atoms with Gasteiger partial charge in [-0.2, -0.15) is 0 Å². The van der Waals surface area contributed by atoms with Gasteiger partial charge in [0.2, 0.25) is 0 Å². The van der Waals surface area contributed by atoms with E-state index >= 15 is 0 Å². The zero-order valence-corrected chi connectivity index (χ0v) is 15.0. The predicted molar refractivity (Wildman–Crippen MR) is 94.5 cm³/mol. The van der Waals surface area contributed by atoms with Gasteiger partial charge in [-0.25, -0.2) is 18.2 Å². The fourth-order valence-electron chi connectivity index (χ4n) is 2.94. The summed E-state index contributed by atoms with van der Waals surface area (Å²) in [5, 5.41) is 2.93. The van der Waals surface area contributed by atoms with Crippen molar-refractivity contribution in [2.24, 2.45) is 0 Å². The molecule has 2 amide bonds. The molecule has 2 heterocycles. The summed E-state index contributed by atoms with van der Waals surface area (Å²) in [7, 11) is -3.17. The Labute approximate surface area is 147 Å². The summed E-state index contributed by atoms with van der Waals surface area (Å²) in [4.78, 5) is 18.5. The van der Waals surface area contributed by atoms with Gasteiger partial charge in [0.15, 0.2) is 9.84 Å². The average molecular weight is 362 g/mol. The van der Waals surface area contributed by atoms with E-state index in [-0.39, 0.29) is 11.8 Å². The molecular formula is C17H22N4O3S. The second-order valence-corrected chi connectivity index (χ2v) is 8.46. The van der Waals surface area contributed by atoms with Crippen LogP contribution in [0.2, 0.25) is 0 Å². The SMILES string of the molecule is CS(=O)(=O)Cc1ncn2c1CN(C(=O)NCc1ccccc1)CCC2. The van der Waals surface area contributed by atoms with Gasteiger partial charge < -0.3 is 14.8 Å². The number of aryl methyl sites for hydroxylation is 1. The highest BCUT2D eigenvalue weighted by Crippen LogP contribution is 2.18. The average Bonchev–Trinajstić information content (AvgIpc) is 2.80. The van der Waals surface area contributed by atoms with Crippen molar-refractivity contribution in [1.82, 2.24) is 19.8 Å². The molecule has 0 atom stereocenters. The van der Waals surface area contributed by atoms with Gasteiger partial charge in [-0.15, -0.1) is 0 Å². The lowest BCUT2D eigenvalue weighted by Gasteiger charge is -2.21. The minimum atomic E-state index is -3.17. The van der Waals surface area contributed by atoms with E-state index in [0.29, 0.717) is 25.3 Å². The van der Waals surface area contributed by atoms with E-state index in [1.807, 2.05) is 34.9 Å². The smallest absolute Gasteiger partial charge is 0.318 e. The van der Waals surface area contributed by atoms with Crippen LogP contribution in [0.5, 0.6) is 0 Å². The Morgan fingerprint density at radius 2 is 2.00 bits per heavy atom. The first kappa shape index (κ1) is 17.5. The number of nitrogens with zero attached hydrogens (tertiary/aromatic N) is 3. The summed E-state index contributed by atoms with van der Waals surface area (Å²) in [6.45, 7) is 2.19. The maximum Gasteiger partial charge on any atom is 0.318 e. The molecule has 7 nitrogen and oxygen atoms in total. The number of imidazole rings is 1. The van der Waals surface area contributed by atoms with Crippen LogP contribution < -0.4 is 5.32 Å². The Hall–Kier alpha value is -2.35. The van der Waals surface area contributed by atoms with Crippen LogP contribution in [0.4, 0.5) is 4.79 Å². The van der Waals surface area contributed by atoms with E-state index in [1.165, 1.54) is 6.26 Å². The zero-order chi connectivity index (χ0) is 17.9. The maximum atomic E-state index is 12.5. The second-order valence-electron chi connectivity index (χ2n) is 6.32. The lowest BCUT2D eigenvalue weighted by atomic mass is 10.2. The molecule has 1 aliphatic heterocycles. The van der Waals surface area contributed by atoms with Crippen molar-refractivity contribution in [2.45, 2.75) is 31.8 Å². The van der Waals surface area contributed by atoms with E-state index in [1.54, 1.807) is 11.2 Å². The number of hydrogen-bond acceptors (Lipinski definition) is 4. The van der Waals surface area contributed by atoms with Gasteiger partial charge >= 0.3 is 6.03 Å². The van der Waals surface area contributed by atoms with Crippen molar-refractivity contribution in [3.63, 3.8) is 0 Å². The topological polar surface area (TPSA) is 84.3 Å². The summed E-state index contributed by atoms with van der Waals surface area (Å²) in [5.41, 5.74) is 2.37. The number of rotatable bonds is 4. The van der Waals surface area contributed by atoms with Crippen LogP contribution in [-0.2, 0) is 35.2 Å². The van der Waals surface area contributed by atoms with Gasteiger partial charge in [0.25, 0.3) is 0 Å². The van der Waals surface area contributed by atoms with Gasteiger partial charge in [-0.05, 0) is 12.0 Å². The lowest BCUT2D eigenvalue weighted by Crippen LogP contribution is -2.39. The molecule has 2 aromatic rings. The summed E-state index contributed by atoms with van der Waals surface area (Å²) in [6, 6.07) is 9.57. The van der Waals surface area contributed by atoms with Crippen LogP contribution in [0.25, 0.3) is 0 Å². The standard InChI is InChI=1S/C17H22N4O3S/c1-25(23,24)12-15-16-11-20(8-5-9-21(16)13-19-15)17(22)18-10-14-6-3-2-4-7-14/h2-4,6-7,13H,5,8-12H2,1H3,(H,18,22). The summed E-state index contributed by atoms with van der Waals surface area (Å²) in [6.07, 6.45) is 3.67. The number of fused-ring (bicyclic) bond motifs is 1. The number of benzene rings is 1. The van der Waals surface area contributed by atoms with Crippen molar-refractivity contribution in [2.75, 3.05) is 12.8 Å². The molecule has 0 spiro atoms. The maximum absolute atomic E-state index is 12.5. The third-order valence-electron chi connectivity index (χ3n) is 4.17. The molecule has 1 aromatic carbocycles. The molecule has 0 bridgehead atoms. The molecule has 1 aromatic heterocycles. The van der Waals surface area contributed by atoms with Crippen molar-refractivity contribution >= 4 is 15.9 Å². The minimum Gasteiger partial charge on any atom is -0.334 e. The third kappa shape index (κ3) is 4.60. The van der Waals surface area contributed by atoms with Gasteiger partial charge in [0.1, 0.15) is 0 Å². The summed E-state index contributed by atoms with van der Waals surface area (Å²) in [5.74, 6) is -0.102. The number of aromatic nitrogens is 2. The van der Waals surface area contributed by atoms with E-state index in [0.717, 1.165) is 24.2 Å². The number of carbonyl (C=O) groups is 1. The van der Waals surface area contributed by atoms with Crippen molar-refractivity contribution in [1.29, 1.82) is 0 Å². The molecular weight excluding hydrogens is 340 g/mol. The van der Waals surface area contributed by atoms with Gasteiger partial charge in [-0.3, -0.25) is 0 Å². The van der Waals surface area contributed by atoms with Gasteiger partial charge in [0.05, 0.1) is 30.0 Å². The quantitative estimate of drug-likeness (QED) is 0.894. The number of urea groups is 1. The van der Waals surface area contributed by atoms with Crippen LogP contribution in [0.1, 0.15) is 23.4 Å². The second kappa shape index (κ2) is 7.26. The summed E-state index contributed by atoms with van der Waals surface area (Å²) < 4.78 is 25.2. The first-order valence-electron chi connectivity index (χ1n) is 8.20. The van der Waals surface area contributed by atoms with Crippen LogP contribution in [-0.4, -0.2) is 41.7 Å². The van der Waals surface area contributed by atoms with Crippen molar-refractivity contribution < 1.29 is 13.2 Å². The first-order chi connectivity index (χ1) is 11.9. The monoisotopic (exact) mass is 362 g/mol. The number of nitrogens with one attached hydrogen (secondary N) is 1. The van der Waals surface area contributed by atoms with Gasteiger partial charge in [-0.1, -0.05) is 30.3 Å². The van der Waals surface area contributed by atoms with E-state index in [9.17, 15) is 13.2 Å². The number of sulfone groups is 1. The lowest BCUT2D eigenvalue weighted by molar-refractivity contribution is 0.195. The zero-order valence-electron chi connectivity index (χ0n) is 14.2. The largest absolute Gasteiger partial charge is 0.334 e. The Balaban J connectivity index is 1.70. The third-order valence-corrected chi connectivity index (χ3v) is 4.97. The number of hydrogen-bond donors (Lipinski definition) is 1. The van der Waals surface area contributed by atoms with Crippen LogP contribution >= 0.6 is 0 Å². The summed E-state index contributed by atoms with van der Waals surface area (Å²) >= 11 is 0. The van der Waals surface area contributed by atoms with Crippen LogP contribution in [0.15, 0.2) is 36.7 Å². The Morgan fingerprint density at radius 3 is 2.72 bits per heavy atom. The minimum absolute atomic E-state index is 0.102. The molecule has 0 fully saturated rings. The fraction of sp³-hybridized carbons (Fsp3) is 0.412. The van der Waals surface area contributed by atoms with E-state index in [4.69, 9.17) is 0 Å². The molecule has 3 rings (SSSR count). The van der Waals surface area contributed by atoms with Crippen LogP contribution in [0, 0.1) is 0 Å². The Kier molecular flexibility index (Phi) is 5.08. The molecule has 134 valence electrons. The van der Waals surface area contributed by atoms with Crippen molar-refractivity contribution in [3.05, 3.63) is 53.6 Å². The molecule has 25 heavy (non-hydrogen) atoms. The Bertz CT molecular complexity index is 846. The predicted octanol–water partition coefficient (Wildman–Crippen LogP) is 1.54. The molecule has 0 radical (unpaired) electrons. The number of amides is 2. The van der Waals surface area contributed by atoms with E-state index in [2.05, 4.69) is 10.3 Å². The highest BCUT2D eigenvalue weighted by molar-refractivity contribution is 7.89. The van der Waals surface area contributed by atoms with Crippen LogP contribution in [0.3, 0.4) is 0 Å². The highest BCUT2D eigenvalue weighted by atomic mass is 32.2. The molecule has 0 unspecified atom stereocenters. The van der Waals surface area contributed by atoms with E-state index < -0.39 is 9.84 Å². The first-order valence-corrected chi connectivity index (χ1v) is 10.3. The normalized spacial score (nSPS) is 14.7. The molecule has 8 heteroatoms. The molecule has 0 aliphatic carbocycles. The molecule has 0 saturated carbocycles. The molecule has 1 aliphatic rings. The Morgan fingerprint density at radius 1 is 1.24 bits per heavy atom. The number of carbonyl (C=O) groups excluding carboxylic acids is 1.